The zero-order chi connectivity index (χ0) is 23.5. The molecule has 9 nitrogen and oxygen atoms in total. The first-order valence-electron chi connectivity index (χ1n) is 10.9. The molecule has 33 heavy (non-hydrogen) atoms. The molecule has 0 spiro atoms. The van der Waals surface area contributed by atoms with Crippen molar-refractivity contribution < 1.29 is 19.2 Å². The molecule has 176 valence electrons. The number of hydrogen-bond donors (Lipinski definition) is 0. The Morgan fingerprint density at radius 2 is 1.76 bits per heavy atom. The lowest BCUT2D eigenvalue weighted by Gasteiger charge is -2.37. The summed E-state index contributed by atoms with van der Waals surface area (Å²) in [7, 11) is 1.57. The highest BCUT2D eigenvalue weighted by Crippen LogP contribution is 2.34. The molecule has 2 fully saturated rings. The molecule has 0 atom stereocenters. The molecule has 0 unspecified atom stereocenters. The standard InChI is InChI=1S/C23H27BrN4O5/c1-16-13-17(24)14-19(22(16)32-2)23(29)27-7-5-25(6-8-27)18-3-4-20(28(30)31)21(15-18)26-9-11-33-12-10-26/h3-4,13-15H,5-12H2,1-2H3. The number of benzene rings is 2. The van der Waals surface area contributed by atoms with E-state index in [0.717, 1.165) is 15.7 Å². The molecule has 2 aromatic rings. The van der Waals surface area contributed by atoms with Crippen molar-refractivity contribution in [1.29, 1.82) is 0 Å². The Kier molecular flexibility index (Phi) is 7.04. The highest BCUT2D eigenvalue weighted by Gasteiger charge is 2.27. The van der Waals surface area contributed by atoms with Crippen molar-refractivity contribution in [1.82, 2.24) is 4.90 Å². The topological polar surface area (TPSA) is 88.4 Å². The molecule has 0 radical (unpaired) electrons. The number of hydrogen-bond acceptors (Lipinski definition) is 7. The lowest BCUT2D eigenvalue weighted by Crippen LogP contribution is -2.49. The molecule has 0 aliphatic carbocycles. The minimum absolute atomic E-state index is 0.0615. The summed E-state index contributed by atoms with van der Waals surface area (Å²) in [5.74, 6) is 0.532. The molecule has 0 N–H and O–H groups in total. The average molecular weight is 519 g/mol. The first-order valence-corrected chi connectivity index (χ1v) is 11.7. The van der Waals surface area contributed by atoms with Gasteiger partial charge in [-0.1, -0.05) is 15.9 Å². The van der Waals surface area contributed by atoms with Crippen LogP contribution in [0.3, 0.4) is 0 Å². The summed E-state index contributed by atoms with van der Waals surface area (Å²) in [6.45, 7) is 6.67. The van der Waals surface area contributed by atoms with E-state index in [1.807, 2.05) is 28.9 Å². The summed E-state index contributed by atoms with van der Waals surface area (Å²) < 4.78 is 11.7. The molecule has 2 saturated heterocycles. The second-order valence-corrected chi connectivity index (χ2v) is 9.03. The van der Waals surface area contributed by atoms with Crippen LogP contribution in [0.4, 0.5) is 17.1 Å². The van der Waals surface area contributed by atoms with Gasteiger partial charge in [-0.25, -0.2) is 0 Å². The van der Waals surface area contributed by atoms with Crippen LogP contribution in [-0.4, -0.2) is 75.3 Å². The van der Waals surface area contributed by atoms with Crippen molar-refractivity contribution in [2.45, 2.75) is 6.92 Å². The van der Waals surface area contributed by atoms with Crippen molar-refractivity contribution in [3.05, 3.63) is 56.0 Å². The predicted molar refractivity (Wildman–Crippen MR) is 130 cm³/mol. The fourth-order valence-corrected chi connectivity index (χ4v) is 4.99. The van der Waals surface area contributed by atoms with Gasteiger partial charge in [-0.3, -0.25) is 14.9 Å². The van der Waals surface area contributed by atoms with Crippen LogP contribution < -0.4 is 14.5 Å². The van der Waals surface area contributed by atoms with E-state index in [-0.39, 0.29) is 16.5 Å². The number of anilines is 2. The number of piperazine rings is 1. The fourth-order valence-electron chi connectivity index (χ4n) is 4.42. The van der Waals surface area contributed by atoms with Gasteiger partial charge in [0.25, 0.3) is 11.6 Å². The minimum Gasteiger partial charge on any atom is -0.496 e. The molecule has 0 saturated carbocycles. The molecular weight excluding hydrogens is 492 g/mol. The van der Waals surface area contributed by atoms with Crippen LogP contribution in [-0.2, 0) is 4.74 Å². The number of carbonyl (C=O) groups excluding carboxylic acids is 1. The highest BCUT2D eigenvalue weighted by atomic mass is 79.9. The summed E-state index contributed by atoms with van der Waals surface area (Å²) in [4.78, 5) is 30.5. The Morgan fingerprint density at radius 3 is 2.39 bits per heavy atom. The summed E-state index contributed by atoms with van der Waals surface area (Å²) in [5.41, 5.74) is 3.09. The maximum Gasteiger partial charge on any atom is 0.292 e. The number of ether oxygens (including phenoxy) is 2. The molecule has 2 aliphatic heterocycles. The van der Waals surface area contributed by atoms with Gasteiger partial charge in [-0.05, 0) is 36.8 Å². The van der Waals surface area contributed by atoms with E-state index >= 15 is 0 Å². The lowest BCUT2D eigenvalue weighted by atomic mass is 10.1. The van der Waals surface area contributed by atoms with Crippen LogP contribution in [0, 0.1) is 17.0 Å². The number of nitro groups is 1. The Bertz CT molecular complexity index is 1050. The van der Waals surface area contributed by atoms with Crippen LogP contribution >= 0.6 is 15.9 Å². The predicted octanol–water partition coefficient (Wildman–Crippen LogP) is 3.47. The summed E-state index contributed by atoms with van der Waals surface area (Å²) >= 11 is 3.47. The minimum atomic E-state index is -0.335. The first-order chi connectivity index (χ1) is 15.9. The van der Waals surface area contributed by atoms with Gasteiger partial charge in [0.2, 0.25) is 0 Å². The molecule has 0 aromatic heterocycles. The highest BCUT2D eigenvalue weighted by molar-refractivity contribution is 9.10. The number of methoxy groups -OCH3 is 1. The van der Waals surface area contributed by atoms with Gasteiger partial charge < -0.3 is 24.2 Å². The third-order valence-corrected chi connectivity index (χ3v) is 6.57. The molecule has 1 amide bonds. The number of amides is 1. The first kappa shape index (κ1) is 23.3. The van der Waals surface area contributed by atoms with Crippen molar-refractivity contribution in [2.24, 2.45) is 0 Å². The third kappa shape index (κ3) is 4.91. The van der Waals surface area contributed by atoms with Crippen LogP contribution in [0.25, 0.3) is 0 Å². The van der Waals surface area contributed by atoms with Gasteiger partial charge in [0, 0.05) is 55.5 Å². The molecular formula is C23H27BrN4O5. The number of carbonyl (C=O) groups is 1. The summed E-state index contributed by atoms with van der Waals surface area (Å²) in [5, 5.41) is 11.6. The monoisotopic (exact) mass is 518 g/mol. The van der Waals surface area contributed by atoms with E-state index in [1.54, 1.807) is 25.3 Å². The zero-order valence-corrected chi connectivity index (χ0v) is 20.3. The smallest absolute Gasteiger partial charge is 0.292 e. The Hall–Kier alpha value is -2.85. The number of morpholine rings is 1. The Balaban J connectivity index is 1.50. The van der Waals surface area contributed by atoms with Crippen LogP contribution in [0.5, 0.6) is 5.75 Å². The van der Waals surface area contributed by atoms with Crippen molar-refractivity contribution >= 4 is 38.9 Å². The molecule has 4 rings (SSSR count). The molecule has 2 aromatic carbocycles. The maximum absolute atomic E-state index is 13.2. The van der Waals surface area contributed by atoms with Gasteiger partial charge >= 0.3 is 0 Å². The number of rotatable bonds is 5. The largest absolute Gasteiger partial charge is 0.496 e. The number of halogens is 1. The van der Waals surface area contributed by atoms with E-state index in [4.69, 9.17) is 9.47 Å². The van der Waals surface area contributed by atoms with Gasteiger partial charge in [0.15, 0.2) is 0 Å². The van der Waals surface area contributed by atoms with E-state index < -0.39 is 0 Å². The molecule has 2 heterocycles. The number of nitrogens with zero attached hydrogens (tertiary/aromatic N) is 4. The molecule has 10 heteroatoms. The normalized spacial score (nSPS) is 16.6. The zero-order valence-electron chi connectivity index (χ0n) is 18.8. The van der Waals surface area contributed by atoms with E-state index in [2.05, 4.69) is 20.8 Å². The molecule has 0 bridgehead atoms. The SMILES string of the molecule is COc1c(C)cc(Br)cc1C(=O)N1CCN(c2ccc([N+](=O)[O-])c(N3CCOCC3)c2)CC1. The van der Waals surface area contributed by atoms with Crippen LogP contribution in [0.2, 0.25) is 0 Å². The van der Waals surface area contributed by atoms with Crippen LogP contribution in [0.1, 0.15) is 15.9 Å². The quantitative estimate of drug-likeness (QED) is 0.442. The van der Waals surface area contributed by atoms with E-state index in [9.17, 15) is 14.9 Å². The number of aryl methyl sites for hydroxylation is 1. The summed E-state index contributed by atoms with van der Waals surface area (Å²) in [6.07, 6.45) is 0. The fraction of sp³-hybridized carbons (Fsp3) is 0.435. The van der Waals surface area contributed by atoms with Gasteiger partial charge in [-0.2, -0.15) is 0 Å². The number of nitro benzene ring substituents is 1. The van der Waals surface area contributed by atoms with Gasteiger partial charge in [0.05, 0.1) is 30.8 Å². The average Bonchev–Trinajstić information content (AvgIpc) is 2.83. The van der Waals surface area contributed by atoms with Crippen molar-refractivity contribution in [2.75, 3.05) is 69.4 Å². The second-order valence-electron chi connectivity index (χ2n) is 8.11. The van der Waals surface area contributed by atoms with E-state index in [0.29, 0.717) is 69.5 Å². The Morgan fingerprint density at radius 1 is 1.06 bits per heavy atom. The van der Waals surface area contributed by atoms with Crippen molar-refractivity contribution in [3.63, 3.8) is 0 Å². The second kappa shape index (κ2) is 9.96. The van der Waals surface area contributed by atoms with E-state index in [1.165, 1.54) is 0 Å². The van der Waals surface area contributed by atoms with Crippen LogP contribution in [0.15, 0.2) is 34.8 Å². The maximum atomic E-state index is 13.2. The third-order valence-electron chi connectivity index (χ3n) is 6.11. The van der Waals surface area contributed by atoms with Gasteiger partial charge in [-0.15, -0.1) is 0 Å². The van der Waals surface area contributed by atoms with Gasteiger partial charge in [0.1, 0.15) is 11.4 Å². The summed E-state index contributed by atoms with van der Waals surface area (Å²) in [6, 6.07) is 8.98. The van der Waals surface area contributed by atoms with Crippen molar-refractivity contribution in [3.8, 4) is 5.75 Å². The lowest BCUT2D eigenvalue weighted by molar-refractivity contribution is -0.384. The molecule has 2 aliphatic rings. The Labute approximate surface area is 201 Å².